The molecule has 10 nitrogen and oxygen atoms in total. The van der Waals surface area contributed by atoms with E-state index in [4.69, 9.17) is 4.98 Å². The number of aromatic nitrogens is 7. The molecule has 0 radical (unpaired) electrons. The van der Waals surface area contributed by atoms with Crippen molar-refractivity contribution >= 4 is 33.8 Å². The topological polar surface area (TPSA) is 145 Å². The number of imidazole rings is 1. The average Bonchev–Trinajstić information content (AvgIpc) is 3.61. The predicted octanol–water partition coefficient (Wildman–Crippen LogP) is 5.72. The minimum Gasteiger partial charge on any atom is -0.508 e. The number of fused-ring (bicyclic) bond motifs is 2. The summed E-state index contributed by atoms with van der Waals surface area (Å²) in [5, 5.41) is 20.8. The fraction of sp³-hybridized carbons (Fsp3) is 0. The summed E-state index contributed by atoms with van der Waals surface area (Å²) in [6, 6.07) is 18.2. The van der Waals surface area contributed by atoms with Crippen molar-refractivity contribution in [2.75, 3.05) is 5.32 Å². The van der Waals surface area contributed by atoms with E-state index in [0.717, 1.165) is 17.2 Å². The highest BCUT2D eigenvalue weighted by Gasteiger charge is 2.18. The number of phenols is 1. The molecular weight excluding hydrogens is 523 g/mol. The van der Waals surface area contributed by atoms with Crippen molar-refractivity contribution in [3.63, 3.8) is 0 Å². The molecule has 1 amide bonds. The zero-order chi connectivity index (χ0) is 27.9. The molecule has 41 heavy (non-hydrogen) atoms. The summed E-state index contributed by atoms with van der Waals surface area (Å²) in [5.74, 6) is -0.541. The SMILES string of the molecule is O=C(Nc1cncc(-c2cnc3[nH]nc(-c4nc5c(-c6cc(O)cc(F)c6)ccnc5[nH]4)c3c2)c1)c1ccccc1. The van der Waals surface area contributed by atoms with Crippen LogP contribution in [0.5, 0.6) is 5.75 Å². The highest BCUT2D eigenvalue weighted by atomic mass is 19.1. The number of hydrogen-bond acceptors (Lipinski definition) is 7. The molecule has 0 fully saturated rings. The molecule has 0 aliphatic heterocycles. The molecule has 0 unspecified atom stereocenters. The molecule has 198 valence electrons. The summed E-state index contributed by atoms with van der Waals surface area (Å²) in [6.45, 7) is 0. The number of nitrogens with one attached hydrogen (secondary N) is 3. The second-order valence-electron chi connectivity index (χ2n) is 9.31. The van der Waals surface area contributed by atoms with Crippen LogP contribution in [0.4, 0.5) is 10.1 Å². The van der Waals surface area contributed by atoms with E-state index >= 15 is 0 Å². The maximum Gasteiger partial charge on any atom is 0.255 e. The van der Waals surface area contributed by atoms with E-state index in [9.17, 15) is 14.3 Å². The first kappa shape index (κ1) is 24.1. The third-order valence-electron chi connectivity index (χ3n) is 6.58. The third kappa shape index (κ3) is 4.51. The lowest BCUT2D eigenvalue weighted by Crippen LogP contribution is -2.11. The van der Waals surface area contributed by atoms with Gasteiger partial charge in [0.1, 0.15) is 22.8 Å². The Kier molecular flexibility index (Phi) is 5.67. The van der Waals surface area contributed by atoms with Gasteiger partial charge in [-0.3, -0.25) is 14.9 Å². The lowest BCUT2D eigenvalue weighted by atomic mass is 10.1. The molecule has 0 spiro atoms. The molecule has 2 aromatic carbocycles. The van der Waals surface area contributed by atoms with E-state index in [0.29, 0.717) is 56.1 Å². The predicted molar refractivity (Wildman–Crippen MR) is 151 cm³/mol. The Morgan fingerprint density at radius 1 is 0.878 bits per heavy atom. The summed E-state index contributed by atoms with van der Waals surface area (Å²) in [6.07, 6.45) is 6.54. The van der Waals surface area contributed by atoms with Gasteiger partial charge in [-0.1, -0.05) is 18.2 Å². The summed E-state index contributed by atoms with van der Waals surface area (Å²) in [5.41, 5.74) is 5.71. The first-order valence-electron chi connectivity index (χ1n) is 12.5. The molecule has 7 aromatic rings. The van der Waals surface area contributed by atoms with Crippen LogP contribution < -0.4 is 5.32 Å². The van der Waals surface area contributed by atoms with Gasteiger partial charge < -0.3 is 15.4 Å². The number of aromatic amines is 2. The van der Waals surface area contributed by atoms with E-state index in [-0.39, 0.29) is 11.7 Å². The number of amides is 1. The van der Waals surface area contributed by atoms with Gasteiger partial charge in [-0.2, -0.15) is 5.10 Å². The molecule has 7 rings (SSSR count). The van der Waals surface area contributed by atoms with Gasteiger partial charge in [0.15, 0.2) is 17.1 Å². The van der Waals surface area contributed by atoms with Crippen molar-refractivity contribution in [1.29, 1.82) is 0 Å². The number of carbonyl (C=O) groups is 1. The molecule has 0 aliphatic carbocycles. The number of halogens is 1. The van der Waals surface area contributed by atoms with Crippen molar-refractivity contribution in [3.05, 3.63) is 103 Å². The normalized spacial score (nSPS) is 11.2. The first-order chi connectivity index (χ1) is 20.0. The fourth-order valence-corrected chi connectivity index (χ4v) is 4.69. The first-order valence-corrected chi connectivity index (χ1v) is 12.5. The zero-order valence-electron chi connectivity index (χ0n) is 21.1. The van der Waals surface area contributed by atoms with Crippen molar-refractivity contribution in [3.8, 4) is 39.5 Å². The molecule has 0 aliphatic rings. The fourth-order valence-electron chi connectivity index (χ4n) is 4.69. The van der Waals surface area contributed by atoms with Gasteiger partial charge in [0.25, 0.3) is 5.91 Å². The number of H-pyrrole nitrogens is 2. The molecule has 11 heteroatoms. The van der Waals surface area contributed by atoms with Crippen LogP contribution in [-0.2, 0) is 0 Å². The van der Waals surface area contributed by atoms with E-state index < -0.39 is 5.82 Å². The second kappa shape index (κ2) is 9.65. The Hall–Kier alpha value is -5.97. The van der Waals surface area contributed by atoms with E-state index in [1.165, 1.54) is 12.1 Å². The van der Waals surface area contributed by atoms with Gasteiger partial charge in [-0.15, -0.1) is 0 Å². The smallest absolute Gasteiger partial charge is 0.255 e. The van der Waals surface area contributed by atoms with Crippen LogP contribution in [0.15, 0.2) is 91.5 Å². The molecule has 0 saturated heterocycles. The minimum atomic E-state index is -0.559. The molecule has 5 aromatic heterocycles. The number of anilines is 1. The average molecular weight is 543 g/mol. The molecule has 5 heterocycles. The molecule has 0 atom stereocenters. The number of carbonyl (C=O) groups excluding carboxylic acids is 1. The van der Waals surface area contributed by atoms with Gasteiger partial charge in [0, 0.05) is 46.9 Å². The van der Waals surface area contributed by atoms with Gasteiger partial charge in [-0.05, 0) is 48.0 Å². The largest absolute Gasteiger partial charge is 0.508 e. The minimum absolute atomic E-state index is 0.184. The zero-order valence-corrected chi connectivity index (χ0v) is 21.1. The van der Waals surface area contributed by atoms with Crippen molar-refractivity contribution in [2.45, 2.75) is 0 Å². The summed E-state index contributed by atoms with van der Waals surface area (Å²) >= 11 is 0. The highest BCUT2D eigenvalue weighted by molar-refractivity contribution is 6.04. The molecular formula is C30H19FN8O2. The van der Waals surface area contributed by atoms with E-state index in [1.807, 2.05) is 18.2 Å². The maximum absolute atomic E-state index is 14.0. The summed E-state index contributed by atoms with van der Waals surface area (Å²) in [4.78, 5) is 33.7. The summed E-state index contributed by atoms with van der Waals surface area (Å²) in [7, 11) is 0. The number of aromatic hydroxyl groups is 1. The van der Waals surface area contributed by atoms with Crippen LogP contribution in [0.25, 0.3) is 56.0 Å². The highest BCUT2D eigenvalue weighted by Crippen LogP contribution is 2.33. The summed E-state index contributed by atoms with van der Waals surface area (Å²) < 4.78 is 14.0. The Labute approximate surface area is 231 Å². The number of pyridine rings is 3. The van der Waals surface area contributed by atoms with Gasteiger partial charge in [0.05, 0.1) is 17.3 Å². The van der Waals surface area contributed by atoms with Gasteiger partial charge in [0.2, 0.25) is 0 Å². The maximum atomic E-state index is 14.0. The van der Waals surface area contributed by atoms with Crippen molar-refractivity contribution in [1.82, 2.24) is 35.1 Å². The molecule has 0 saturated carbocycles. The number of phenolic OH excluding ortho intramolecular Hbond substituents is 1. The van der Waals surface area contributed by atoms with Crippen molar-refractivity contribution < 1.29 is 14.3 Å². The Bertz CT molecular complexity index is 2070. The standard InChI is InChI=1S/C30H19FN8O2/c31-20-8-17(10-22(40)12-20)23-6-7-33-28-25(23)36-29(37-28)26-24-11-19(14-34-27(24)39-38-26)18-9-21(15-32-13-18)35-30(41)16-4-2-1-3-5-16/h1-15,40H,(H,35,41)(H,33,36,37)(H,34,38,39). The third-order valence-corrected chi connectivity index (χ3v) is 6.58. The number of benzene rings is 2. The van der Waals surface area contributed by atoms with E-state index in [1.54, 1.807) is 55.1 Å². The number of hydrogen-bond donors (Lipinski definition) is 4. The van der Waals surface area contributed by atoms with Gasteiger partial charge >= 0.3 is 0 Å². The van der Waals surface area contributed by atoms with Crippen LogP contribution in [0.2, 0.25) is 0 Å². The quantitative estimate of drug-likeness (QED) is 0.218. The van der Waals surface area contributed by atoms with Crippen LogP contribution >= 0.6 is 0 Å². The van der Waals surface area contributed by atoms with Crippen LogP contribution in [0.3, 0.4) is 0 Å². The molecule has 4 N–H and O–H groups in total. The lowest BCUT2D eigenvalue weighted by molar-refractivity contribution is 0.102. The molecule has 0 bridgehead atoms. The van der Waals surface area contributed by atoms with Crippen molar-refractivity contribution in [2.24, 2.45) is 0 Å². The lowest BCUT2D eigenvalue weighted by Gasteiger charge is -2.07. The monoisotopic (exact) mass is 542 g/mol. The number of rotatable bonds is 5. The Morgan fingerprint density at radius 2 is 1.73 bits per heavy atom. The Morgan fingerprint density at radius 3 is 2.59 bits per heavy atom. The van der Waals surface area contributed by atoms with Crippen LogP contribution in [-0.4, -0.2) is 46.1 Å². The second-order valence-corrected chi connectivity index (χ2v) is 9.31. The Balaban J connectivity index is 1.25. The number of nitrogens with zero attached hydrogens (tertiary/aromatic N) is 5. The van der Waals surface area contributed by atoms with Crippen LogP contribution in [0, 0.1) is 5.82 Å². The van der Waals surface area contributed by atoms with Crippen LogP contribution in [0.1, 0.15) is 10.4 Å². The van der Waals surface area contributed by atoms with Gasteiger partial charge in [-0.25, -0.2) is 19.3 Å². The van der Waals surface area contributed by atoms with E-state index in [2.05, 4.69) is 35.5 Å².